The number of aryl methyl sites for hydroxylation is 2. The van der Waals surface area contributed by atoms with Gasteiger partial charge in [0, 0.05) is 12.7 Å². The fourth-order valence-corrected chi connectivity index (χ4v) is 3.38. The maximum atomic E-state index is 13.4. The van der Waals surface area contributed by atoms with Gasteiger partial charge in [0.1, 0.15) is 28.6 Å². The van der Waals surface area contributed by atoms with Crippen LogP contribution >= 0.6 is 0 Å². The maximum absolute atomic E-state index is 13.4. The van der Waals surface area contributed by atoms with Crippen LogP contribution in [0.2, 0.25) is 0 Å². The van der Waals surface area contributed by atoms with Crippen LogP contribution in [-0.2, 0) is 11.3 Å². The molecule has 0 saturated heterocycles. The van der Waals surface area contributed by atoms with Crippen LogP contribution in [0.3, 0.4) is 0 Å². The van der Waals surface area contributed by atoms with E-state index in [1.54, 1.807) is 24.4 Å². The van der Waals surface area contributed by atoms with Crippen molar-refractivity contribution in [3.8, 4) is 17.7 Å². The second-order valence-electron chi connectivity index (χ2n) is 7.77. The molecule has 0 atom stereocenters. The molecule has 1 amide bonds. The number of carbonyl (C=O) groups excluding carboxylic acids is 1. The van der Waals surface area contributed by atoms with Gasteiger partial charge < -0.3 is 10.1 Å². The molecule has 1 N–H and O–H groups in total. The van der Waals surface area contributed by atoms with Crippen molar-refractivity contribution in [2.45, 2.75) is 20.4 Å². The summed E-state index contributed by atoms with van der Waals surface area (Å²) in [5.74, 6) is -0.0924. The van der Waals surface area contributed by atoms with E-state index in [0.717, 1.165) is 16.7 Å². The molecule has 0 spiro atoms. The molecule has 4 aromatic rings. The third kappa shape index (κ3) is 4.87. The molecule has 2 aromatic carbocycles. The molecule has 0 saturated carbocycles. The smallest absolute Gasteiger partial charge is 0.269 e. The number of benzene rings is 2. The van der Waals surface area contributed by atoms with E-state index < -0.39 is 11.5 Å². The van der Waals surface area contributed by atoms with Gasteiger partial charge >= 0.3 is 0 Å². The lowest BCUT2D eigenvalue weighted by Gasteiger charge is -2.12. The Balaban J connectivity index is 1.77. The summed E-state index contributed by atoms with van der Waals surface area (Å²) in [5.41, 5.74) is 2.49. The number of nitriles is 1. The van der Waals surface area contributed by atoms with Gasteiger partial charge in [-0.3, -0.25) is 14.0 Å². The molecule has 0 bridgehead atoms. The first-order valence-corrected chi connectivity index (χ1v) is 10.7. The predicted octanol–water partition coefficient (Wildman–Crippen LogP) is 4.33. The number of ether oxygens (including phenoxy) is 1. The van der Waals surface area contributed by atoms with Gasteiger partial charge in [-0.05, 0) is 49.2 Å². The summed E-state index contributed by atoms with van der Waals surface area (Å²) >= 11 is 0. The molecule has 0 unspecified atom stereocenters. The number of carbonyl (C=O) groups is 1. The molecule has 0 aliphatic rings. The monoisotopic (exact) mass is 450 g/mol. The molecular formula is C27H22N4O3. The SMILES string of the molecule is Cc1ccc(Oc2nc3c(C)cccn3c(=O)c2C=C(C#N)C(=O)NCc2ccccc2)cc1. The third-order valence-corrected chi connectivity index (χ3v) is 5.23. The zero-order valence-corrected chi connectivity index (χ0v) is 18.8. The van der Waals surface area contributed by atoms with Crippen molar-refractivity contribution in [3.05, 3.63) is 111 Å². The van der Waals surface area contributed by atoms with Crippen LogP contribution in [-0.4, -0.2) is 15.3 Å². The van der Waals surface area contributed by atoms with Crippen molar-refractivity contribution >= 4 is 17.6 Å². The van der Waals surface area contributed by atoms with Crippen LogP contribution in [0, 0.1) is 25.2 Å². The van der Waals surface area contributed by atoms with Crippen molar-refractivity contribution < 1.29 is 9.53 Å². The van der Waals surface area contributed by atoms with Crippen LogP contribution in [0.25, 0.3) is 11.7 Å². The number of aromatic nitrogens is 2. The van der Waals surface area contributed by atoms with Crippen LogP contribution in [0.4, 0.5) is 0 Å². The van der Waals surface area contributed by atoms with Crippen LogP contribution < -0.4 is 15.6 Å². The van der Waals surface area contributed by atoms with E-state index in [1.807, 2.05) is 68.4 Å². The first kappa shape index (κ1) is 22.5. The highest BCUT2D eigenvalue weighted by atomic mass is 16.5. The number of rotatable bonds is 6. The van der Waals surface area contributed by atoms with Gasteiger partial charge in [0.2, 0.25) is 5.88 Å². The Morgan fingerprint density at radius 1 is 1.09 bits per heavy atom. The predicted molar refractivity (Wildman–Crippen MR) is 129 cm³/mol. The minimum atomic E-state index is -0.596. The van der Waals surface area contributed by atoms with E-state index >= 15 is 0 Å². The highest BCUT2D eigenvalue weighted by Crippen LogP contribution is 2.25. The Hall–Kier alpha value is -4.70. The number of nitrogens with zero attached hydrogens (tertiary/aromatic N) is 3. The fourth-order valence-electron chi connectivity index (χ4n) is 3.38. The highest BCUT2D eigenvalue weighted by molar-refractivity contribution is 6.01. The zero-order chi connectivity index (χ0) is 24.1. The molecule has 34 heavy (non-hydrogen) atoms. The molecule has 0 aliphatic carbocycles. The number of pyridine rings is 1. The van der Waals surface area contributed by atoms with Gasteiger partial charge in [0.25, 0.3) is 11.5 Å². The number of hydrogen-bond donors (Lipinski definition) is 1. The minimum absolute atomic E-state index is 0.00934. The molecular weight excluding hydrogens is 428 g/mol. The molecule has 0 fully saturated rings. The first-order chi connectivity index (χ1) is 16.5. The highest BCUT2D eigenvalue weighted by Gasteiger charge is 2.18. The minimum Gasteiger partial charge on any atom is -0.438 e. The summed E-state index contributed by atoms with van der Waals surface area (Å²) in [7, 11) is 0. The van der Waals surface area contributed by atoms with E-state index in [4.69, 9.17) is 4.74 Å². The summed E-state index contributed by atoms with van der Waals surface area (Å²) in [6, 6.07) is 22.1. The van der Waals surface area contributed by atoms with Crippen molar-refractivity contribution in [2.75, 3.05) is 0 Å². The van der Waals surface area contributed by atoms with Gasteiger partial charge in [0.05, 0.1) is 0 Å². The first-order valence-electron chi connectivity index (χ1n) is 10.7. The van der Waals surface area contributed by atoms with E-state index in [-0.39, 0.29) is 23.6 Å². The Labute approximate surface area is 196 Å². The largest absolute Gasteiger partial charge is 0.438 e. The Bertz CT molecular complexity index is 1480. The summed E-state index contributed by atoms with van der Waals surface area (Å²) in [5, 5.41) is 12.4. The molecule has 2 aromatic heterocycles. The van der Waals surface area contributed by atoms with Crippen LogP contribution in [0.5, 0.6) is 11.6 Å². The Morgan fingerprint density at radius 3 is 2.53 bits per heavy atom. The quantitative estimate of drug-likeness (QED) is 0.348. The molecule has 7 heteroatoms. The van der Waals surface area contributed by atoms with Gasteiger partial charge in [-0.1, -0.05) is 54.1 Å². The lowest BCUT2D eigenvalue weighted by atomic mass is 10.1. The van der Waals surface area contributed by atoms with E-state index in [9.17, 15) is 14.9 Å². The van der Waals surface area contributed by atoms with Crippen molar-refractivity contribution in [3.63, 3.8) is 0 Å². The van der Waals surface area contributed by atoms with Gasteiger partial charge in [-0.25, -0.2) is 0 Å². The molecule has 4 rings (SSSR count). The normalized spacial score (nSPS) is 11.1. The summed E-state index contributed by atoms with van der Waals surface area (Å²) < 4.78 is 7.33. The second kappa shape index (κ2) is 9.84. The molecule has 168 valence electrons. The average molecular weight is 450 g/mol. The fraction of sp³-hybridized carbons (Fsp3) is 0.111. The van der Waals surface area contributed by atoms with Crippen molar-refractivity contribution in [2.24, 2.45) is 0 Å². The zero-order valence-electron chi connectivity index (χ0n) is 18.8. The number of amides is 1. The topological polar surface area (TPSA) is 96.5 Å². The standard InChI is InChI=1S/C27H22N4O3/c1-18-10-12-22(13-11-18)34-26-23(27(33)31-14-6-7-19(2)24(31)30-26)15-21(16-28)25(32)29-17-20-8-4-3-5-9-20/h3-15H,17H2,1-2H3,(H,29,32). The van der Waals surface area contributed by atoms with Crippen LogP contribution in [0.15, 0.2) is 83.3 Å². The molecule has 2 heterocycles. The van der Waals surface area contributed by atoms with Crippen molar-refractivity contribution in [1.82, 2.24) is 14.7 Å². The van der Waals surface area contributed by atoms with E-state index in [2.05, 4.69) is 10.3 Å². The molecule has 0 radical (unpaired) electrons. The average Bonchev–Trinajstić information content (AvgIpc) is 2.85. The van der Waals surface area contributed by atoms with Gasteiger partial charge in [-0.2, -0.15) is 10.2 Å². The van der Waals surface area contributed by atoms with E-state index in [1.165, 1.54) is 10.5 Å². The Morgan fingerprint density at radius 2 is 1.82 bits per heavy atom. The van der Waals surface area contributed by atoms with Crippen molar-refractivity contribution in [1.29, 1.82) is 5.26 Å². The second-order valence-corrected chi connectivity index (χ2v) is 7.77. The molecule has 7 nitrogen and oxygen atoms in total. The lowest BCUT2D eigenvalue weighted by Crippen LogP contribution is -2.25. The maximum Gasteiger partial charge on any atom is 0.269 e. The number of hydrogen-bond acceptors (Lipinski definition) is 5. The summed E-state index contributed by atoms with van der Waals surface area (Å²) in [6.07, 6.45) is 2.82. The van der Waals surface area contributed by atoms with E-state index in [0.29, 0.717) is 11.4 Å². The lowest BCUT2D eigenvalue weighted by molar-refractivity contribution is -0.117. The summed E-state index contributed by atoms with van der Waals surface area (Å²) in [6.45, 7) is 4.04. The number of nitrogens with one attached hydrogen (secondary N) is 1. The number of fused-ring (bicyclic) bond motifs is 1. The summed E-state index contributed by atoms with van der Waals surface area (Å²) in [4.78, 5) is 30.6. The molecule has 0 aliphatic heterocycles. The van der Waals surface area contributed by atoms with Crippen LogP contribution in [0.1, 0.15) is 22.3 Å². The van der Waals surface area contributed by atoms with Gasteiger partial charge in [-0.15, -0.1) is 0 Å². The third-order valence-electron chi connectivity index (χ3n) is 5.23. The van der Waals surface area contributed by atoms with Gasteiger partial charge in [0.15, 0.2) is 0 Å². The Kier molecular flexibility index (Phi) is 6.51.